The van der Waals surface area contributed by atoms with Crippen molar-refractivity contribution in [3.8, 4) is 0 Å². The van der Waals surface area contributed by atoms with E-state index in [-0.39, 0.29) is 6.09 Å². The molecule has 20 heavy (non-hydrogen) atoms. The summed E-state index contributed by atoms with van der Waals surface area (Å²) in [7, 11) is 0. The zero-order valence-corrected chi connectivity index (χ0v) is 12.9. The maximum Gasteiger partial charge on any atom is 0.410 e. The van der Waals surface area contributed by atoms with Gasteiger partial charge < -0.3 is 10.1 Å². The number of nitrogens with one attached hydrogen (secondary N) is 1. The number of carbonyl (C=O) groups excluding carboxylic acids is 1. The third-order valence-corrected chi connectivity index (χ3v) is 3.64. The van der Waals surface area contributed by atoms with Crippen molar-refractivity contribution in [3.63, 3.8) is 0 Å². The largest absolute Gasteiger partial charge is 0.444 e. The highest BCUT2D eigenvalue weighted by atomic mass is 16.6. The lowest BCUT2D eigenvalue weighted by molar-refractivity contribution is 0.0276. The first-order chi connectivity index (χ1) is 9.44. The topological polar surface area (TPSA) is 53.9 Å². The number of carbonyl (C=O) groups is 1. The third-order valence-electron chi connectivity index (χ3n) is 3.64. The average Bonchev–Trinajstić information content (AvgIpc) is 2.38. The van der Waals surface area contributed by atoms with Gasteiger partial charge in [-0.15, -0.1) is 0 Å². The molecule has 114 valence electrons. The van der Waals surface area contributed by atoms with Crippen molar-refractivity contribution in [1.82, 2.24) is 10.2 Å². The van der Waals surface area contributed by atoms with E-state index in [1.54, 1.807) is 4.90 Å². The van der Waals surface area contributed by atoms with Crippen molar-refractivity contribution in [2.75, 3.05) is 19.6 Å². The highest BCUT2D eigenvalue weighted by Gasteiger charge is 2.26. The molecule has 0 aromatic heterocycles. The van der Waals surface area contributed by atoms with Crippen molar-refractivity contribution in [1.29, 1.82) is 0 Å². The molecule has 5 heteroatoms. The molecule has 1 fully saturated rings. The average molecular weight is 281 g/mol. The van der Waals surface area contributed by atoms with Crippen LogP contribution in [0.1, 0.15) is 52.9 Å². The Hall–Kier alpha value is -1.26. The lowest BCUT2D eigenvalue weighted by Gasteiger charge is -2.32. The second-order valence-electron chi connectivity index (χ2n) is 6.71. The molecule has 1 N–H and O–H groups in total. The summed E-state index contributed by atoms with van der Waals surface area (Å²) in [4.78, 5) is 18.3. The van der Waals surface area contributed by atoms with Crippen LogP contribution < -0.4 is 5.32 Å². The highest BCUT2D eigenvalue weighted by molar-refractivity contribution is 5.88. The molecule has 1 aliphatic heterocycles. The van der Waals surface area contributed by atoms with Gasteiger partial charge in [-0.2, -0.15) is 0 Å². The van der Waals surface area contributed by atoms with Crippen LogP contribution in [0.25, 0.3) is 0 Å². The number of hydrogen-bond acceptors (Lipinski definition) is 4. The number of amides is 1. The van der Waals surface area contributed by atoms with E-state index >= 15 is 0 Å². The van der Waals surface area contributed by atoms with Crippen LogP contribution >= 0.6 is 0 Å². The second kappa shape index (κ2) is 6.46. The zero-order chi connectivity index (χ0) is 14.6. The molecular formula is C15H27N3O2. The van der Waals surface area contributed by atoms with E-state index in [1.165, 1.54) is 32.1 Å². The van der Waals surface area contributed by atoms with Gasteiger partial charge in [0.15, 0.2) is 0 Å². The molecule has 0 saturated heterocycles. The monoisotopic (exact) mass is 281 g/mol. The molecule has 1 saturated carbocycles. The van der Waals surface area contributed by atoms with E-state index < -0.39 is 5.60 Å². The fourth-order valence-corrected chi connectivity index (χ4v) is 2.67. The molecule has 1 aliphatic carbocycles. The zero-order valence-electron chi connectivity index (χ0n) is 12.9. The normalized spacial score (nSPS) is 21.4. The maximum absolute atomic E-state index is 12.1. The lowest BCUT2D eigenvalue weighted by atomic mass is 9.95. The number of aliphatic imine (C=N–C) groups is 1. The van der Waals surface area contributed by atoms with Gasteiger partial charge in [-0.1, -0.05) is 19.3 Å². The molecule has 0 aromatic carbocycles. The summed E-state index contributed by atoms with van der Waals surface area (Å²) < 4.78 is 5.42. The Bertz CT molecular complexity index is 368. The highest BCUT2D eigenvalue weighted by Crippen LogP contribution is 2.18. The third kappa shape index (κ3) is 4.69. The Morgan fingerprint density at radius 3 is 2.65 bits per heavy atom. The van der Waals surface area contributed by atoms with Crippen LogP contribution in [0.2, 0.25) is 0 Å². The number of nitrogens with zero attached hydrogens (tertiary/aromatic N) is 2. The summed E-state index contributed by atoms with van der Waals surface area (Å²) in [5, 5.41) is 3.51. The minimum atomic E-state index is -0.442. The molecule has 1 heterocycles. The van der Waals surface area contributed by atoms with Crippen molar-refractivity contribution in [3.05, 3.63) is 0 Å². The Morgan fingerprint density at radius 1 is 1.30 bits per heavy atom. The predicted octanol–water partition coefficient (Wildman–Crippen LogP) is 2.56. The number of rotatable bonds is 1. The minimum absolute atomic E-state index is 0.240. The standard InChI is InChI=1S/C15H27N3O2/c1-15(2,3)20-14(19)18-10-9-16-13(11-18)17-12-7-5-4-6-8-12/h12H,4-11H2,1-3H3,(H,16,17). The minimum Gasteiger partial charge on any atom is -0.444 e. The van der Waals surface area contributed by atoms with E-state index in [4.69, 9.17) is 4.74 Å². The molecule has 0 spiro atoms. The molecule has 0 aromatic rings. The quantitative estimate of drug-likeness (QED) is 0.803. The van der Waals surface area contributed by atoms with Gasteiger partial charge in [-0.3, -0.25) is 9.89 Å². The number of amidine groups is 1. The van der Waals surface area contributed by atoms with Gasteiger partial charge in [0, 0.05) is 12.6 Å². The summed E-state index contributed by atoms with van der Waals surface area (Å²) in [6, 6.07) is 0.529. The predicted molar refractivity (Wildman–Crippen MR) is 80.1 cm³/mol. The maximum atomic E-state index is 12.1. The van der Waals surface area contributed by atoms with Crippen LogP contribution in [0.3, 0.4) is 0 Å². The van der Waals surface area contributed by atoms with E-state index in [2.05, 4.69) is 10.3 Å². The number of hydrogen-bond donors (Lipinski definition) is 1. The van der Waals surface area contributed by atoms with Crippen molar-refractivity contribution in [2.24, 2.45) is 4.99 Å². The summed E-state index contributed by atoms with van der Waals surface area (Å²) in [5.74, 6) is 0.939. The van der Waals surface area contributed by atoms with E-state index in [0.717, 1.165) is 5.84 Å². The first-order valence-electron chi connectivity index (χ1n) is 7.72. The Morgan fingerprint density at radius 2 is 2.00 bits per heavy atom. The molecular weight excluding hydrogens is 254 g/mol. The van der Waals surface area contributed by atoms with Crippen LogP contribution in [0.15, 0.2) is 4.99 Å². The summed E-state index contributed by atoms with van der Waals surface area (Å²) in [6.45, 7) is 7.53. The summed E-state index contributed by atoms with van der Waals surface area (Å²) in [6.07, 6.45) is 6.11. The fraction of sp³-hybridized carbons (Fsp3) is 0.867. The Kier molecular flexibility index (Phi) is 4.89. The lowest BCUT2D eigenvalue weighted by Crippen LogP contribution is -2.49. The molecule has 2 rings (SSSR count). The van der Waals surface area contributed by atoms with Gasteiger partial charge in [0.25, 0.3) is 0 Å². The van der Waals surface area contributed by atoms with Crippen LogP contribution in [0.5, 0.6) is 0 Å². The molecule has 0 atom stereocenters. The first-order valence-corrected chi connectivity index (χ1v) is 7.72. The fourth-order valence-electron chi connectivity index (χ4n) is 2.67. The van der Waals surface area contributed by atoms with E-state index in [0.29, 0.717) is 25.7 Å². The molecule has 0 unspecified atom stereocenters. The molecule has 2 aliphatic rings. The van der Waals surface area contributed by atoms with Crippen molar-refractivity contribution >= 4 is 11.9 Å². The van der Waals surface area contributed by atoms with Gasteiger partial charge >= 0.3 is 6.09 Å². The Labute approximate surface area is 121 Å². The second-order valence-corrected chi connectivity index (χ2v) is 6.71. The van der Waals surface area contributed by atoms with E-state index in [1.807, 2.05) is 20.8 Å². The van der Waals surface area contributed by atoms with Crippen LogP contribution in [0.4, 0.5) is 4.79 Å². The smallest absolute Gasteiger partial charge is 0.410 e. The molecule has 5 nitrogen and oxygen atoms in total. The van der Waals surface area contributed by atoms with Gasteiger partial charge in [0.1, 0.15) is 11.4 Å². The first kappa shape index (κ1) is 15.1. The number of ether oxygens (including phenoxy) is 1. The molecule has 0 bridgehead atoms. The van der Waals surface area contributed by atoms with Gasteiger partial charge in [0.2, 0.25) is 0 Å². The Balaban J connectivity index is 1.84. The molecule has 0 radical (unpaired) electrons. The van der Waals surface area contributed by atoms with Crippen molar-refractivity contribution in [2.45, 2.75) is 64.5 Å². The van der Waals surface area contributed by atoms with Gasteiger partial charge in [-0.25, -0.2) is 4.79 Å². The molecule has 1 amide bonds. The van der Waals surface area contributed by atoms with Gasteiger partial charge in [-0.05, 0) is 33.6 Å². The van der Waals surface area contributed by atoms with Crippen LogP contribution in [-0.4, -0.2) is 48.1 Å². The van der Waals surface area contributed by atoms with Crippen molar-refractivity contribution < 1.29 is 9.53 Å². The van der Waals surface area contributed by atoms with Gasteiger partial charge in [0.05, 0.1) is 13.1 Å². The van der Waals surface area contributed by atoms with Crippen LogP contribution in [0, 0.1) is 0 Å². The van der Waals surface area contributed by atoms with E-state index in [9.17, 15) is 4.79 Å². The summed E-state index contributed by atoms with van der Waals surface area (Å²) in [5.41, 5.74) is -0.442. The summed E-state index contributed by atoms with van der Waals surface area (Å²) >= 11 is 0. The SMILES string of the molecule is CC(C)(C)OC(=O)N1CCN=C(NC2CCCCC2)C1. The van der Waals surface area contributed by atoms with Crippen LogP contribution in [-0.2, 0) is 4.74 Å².